The van der Waals surface area contributed by atoms with Crippen molar-refractivity contribution in [2.45, 2.75) is 22.6 Å². The predicted octanol–water partition coefficient (Wildman–Crippen LogP) is 2.06. The molecule has 104 valence electrons. The number of hydrogen-bond acceptors (Lipinski definition) is 4. The lowest BCUT2D eigenvalue weighted by Crippen LogP contribution is -2.34. The molecule has 0 saturated heterocycles. The second kappa shape index (κ2) is 3.62. The van der Waals surface area contributed by atoms with Gasteiger partial charge in [-0.05, 0) is 25.0 Å². The largest absolute Gasteiger partial charge is 0.219 e. The van der Waals surface area contributed by atoms with Crippen molar-refractivity contribution in [3.05, 3.63) is 46.2 Å². The van der Waals surface area contributed by atoms with E-state index in [1.165, 1.54) is 12.1 Å². The highest BCUT2D eigenvalue weighted by molar-refractivity contribution is 8.01. The maximum absolute atomic E-state index is 12.8. The molecule has 1 aromatic rings. The summed E-state index contributed by atoms with van der Waals surface area (Å²) >= 11 is 0. The number of hydrogen-bond donors (Lipinski definition) is 0. The van der Waals surface area contributed by atoms with Crippen LogP contribution in [0.3, 0.4) is 0 Å². The molecule has 1 aliphatic heterocycles. The Morgan fingerprint density at radius 3 is 1.50 bits per heavy atom. The van der Waals surface area contributed by atoms with Crippen LogP contribution in [0.25, 0.3) is 0 Å². The summed E-state index contributed by atoms with van der Waals surface area (Å²) < 4.78 is 51.0. The third kappa shape index (κ3) is 1.31. The summed E-state index contributed by atoms with van der Waals surface area (Å²) in [6, 6.07) is 5.90. The van der Waals surface area contributed by atoms with E-state index >= 15 is 0 Å². The third-order valence-electron chi connectivity index (χ3n) is 4.29. The van der Waals surface area contributed by atoms with E-state index in [4.69, 9.17) is 0 Å². The monoisotopic (exact) mass is 308 g/mol. The van der Waals surface area contributed by atoms with Crippen molar-refractivity contribution in [2.75, 3.05) is 0 Å². The Balaban J connectivity index is 2.17. The molecule has 2 atom stereocenters. The summed E-state index contributed by atoms with van der Waals surface area (Å²) in [7, 11) is -7.39. The third-order valence-corrected chi connectivity index (χ3v) is 8.62. The van der Waals surface area contributed by atoms with Gasteiger partial charge in [-0.3, -0.25) is 0 Å². The van der Waals surface area contributed by atoms with Gasteiger partial charge in [0.25, 0.3) is 0 Å². The van der Waals surface area contributed by atoms with E-state index in [2.05, 4.69) is 0 Å². The average molecular weight is 308 g/mol. The van der Waals surface area contributed by atoms with E-state index in [0.29, 0.717) is 12.8 Å². The maximum Gasteiger partial charge on any atom is 0.205 e. The second-order valence-corrected chi connectivity index (χ2v) is 9.13. The van der Waals surface area contributed by atoms with Crippen molar-refractivity contribution in [3.63, 3.8) is 0 Å². The minimum absolute atomic E-state index is 0.0697. The summed E-state index contributed by atoms with van der Waals surface area (Å²) in [6.07, 6.45) is 5.09. The van der Waals surface area contributed by atoms with E-state index in [1.807, 2.05) is 12.2 Å². The van der Waals surface area contributed by atoms with Gasteiger partial charge in [0.1, 0.15) is 0 Å². The Kier molecular flexibility index (Phi) is 2.24. The van der Waals surface area contributed by atoms with Crippen molar-refractivity contribution >= 4 is 19.7 Å². The summed E-state index contributed by atoms with van der Waals surface area (Å²) in [5.74, 6) is -0.578. The van der Waals surface area contributed by atoms with Gasteiger partial charge >= 0.3 is 0 Å². The normalized spacial score (nSPS) is 31.8. The van der Waals surface area contributed by atoms with Crippen LogP contribution in [0.2, 0.25) is 0 Å². The van der Waals surface area contributed by atoms with Gasteiger partial charge in [-0.25, -0.2) is 16.8 Å². The highest BCUT2D eigenvalue weighted by Gasteiger charge is 2.49. The molecule has 0 unspecified atom stereocenters. The van der Waals surface area contributed by atoms with Crippen molar-refractivity contribution in [1.29, 1.82) is 0 Å². The first-order chi connectivity index (χ1) is 9.44. The topological polar surface area (TPSA) is 68.3 Å². The molecule has 0 N–H and O–H groups in total. The summed E-state index contributed by atoms with van der Waals surface area (Å²) in [5.41, 5.74) is 0. The van der Waals surface area contributed by atoms with E-state index < -0.39 is 19.7 Å². The zero-order valence-corrected chi connectivity index (χ0v) is 12.1. The quantitative estimate of drug-likeness (QED) is 0.688. The van der Waals surface area contributed by atoms with E-state index in [1.54, 1.807) is 12.1 Å². The lowest BCUT2D eigenvalue weighted by atomic mass is 9.81. The van der Waals surface area contributed by atoms with Crippen LogP contribution >= 0.6 is 0 Å². The van der Waals surface area contributed by atoms with Gasteiger partial charge in [-0.2, -0.15) is 0 Å². The fourth-order valence-corrected chi connectivity index (χ4v) is 8.41. The fourth-order valence-electron chi connectivity index (χ4n) is 3.42. The molecule has 0 amide bonds. The second-order valence-electron chi connectivity index (χ2n) is 5.36. The molecule has 1 aromatic carbocycles. The van der Waals surface area contributed by atoms with Crippen LogP contribution in [0.5, 0.6) is 0 Å². The van der Waals surface area contributed by atoms with Crippen LogP contribution in [-0.4, -0.2) is 16.8 Å². The SMILES string of the molecule is O=S1(=O)C2=C([C@H]3C=C[C@@H]2CC3)S(=O)(=O)c2ccccc21. The van der Waals surface area contributed by atoms with Gasteiger partial charge in [0.15, 0.2) is 0 Å². The van der Waals surface area contributed by atoms with Gasteiger partial charge in [-0.1, -0.05) is 24.3 Å². The van der Waals surface area contributed by atoms with Crippen molar-refractivity contribution in [1.82, 2.24) is 0 Å². The van der Waals surface area contributed by atoms with Gasteiger partial charge < -0.3 is 0 Å². The average Bonchev–Trinajstić information content (AvgIpc) is 2.46. The molecule has 6 heteroatoms. The first-order valence-electron chi connectivity index (χ1n) is 6.45. The van der Waals surface area contributed by atoms with Crippen LogP contribution in [0.1, 0.15) is 12.8 Å². The highest BCUT2D eigenvalue weighted by Crippen LogP contribution is 2.52. The number of fused-ring (bicyclic) bond motifs is 2. The Hall–Kier alpha value is -1.40. The minimum atomic E-state index is -3.70. The molecule has 0 radical (unpaired) electrons. The molecule has 2 bridgehead atoms. The zero-order chi connectivity index (χ0) is 14.1. The van der Waals surface area contributed by atoms with Crippen LogP contribution in [0.15, 0.2) is 56.0 Å². The van der Waals surface area contributed by atoms with Gasteiger partial charge in [0.05, 0.1) is 19.6 Å². The van der Waals surface area contributed by atoms with Crippen LogP contribution in [0.4, 0.5) is 0 Å². The van der Waals surface area contributed by atoms with Crippen molar-refractivity contribution in [3.8, 4) is 0 Å². The highest BCUT2D eigenvalue weighted by atomic mass is 32.2. The first-order valence-corrected chi connectivity index (χ1v) is 9.42. The molecule has 20 heavy (non-hydrogen) atoms. The number of sulfone groups is 2. The molecule has 4 nitrogen and oxygen atoms in total. The van der Waals surface area contributed by atoms with Gasteiger partial charge in [-0.15, -0.1) is 0 Å². The fraction of sp³-hybridized carbons (Fsp3) is 0.286. The van der Waals surface area contributed by atoms with Crippen LogP contribution < -0.4 is 0 Å². The van der Waals surface area contributed by atoms with Crippen molar-refractivity contribution < 1.29 is 16.8 Å². The Morgan fingerprint density at radius 2 is 1.15 bits per heavy atom. The van der Waals surface area contributed by atoms with E-state index in [-0.39, 0.29) is 31.4 Å². The Labute approximate surface area is 117 Å². The Bertz CT molecular complexity index is 816. The van der Waals surface area contributed by atoms with Crippen LogP contribution in [0, 0.1) is 11.8 Å². The molecule has 0 saturated carbocycles. The first kappa shape index (κ1) is 12.3. The summed E-state index contributed by atoms with van der Waals surface area (Å²) in [6.45, 7) is 0. The molecular formula is C14H12O4S2. The van der Waals surface area contributed by atoms with Crippen molar-refractivity contribution in [2.24, 2.45) is 11.8 Å². The minimum Gasteiger partial charge on any atom is -0.219 e. The molecule has 3 aliphatic carbocycles. The number of benzene rings is 1. The summed E-state index contributed by atoms with van der Waals surface area (Å²) in [5, 5.41) is 0. The molecule has 4 aliphatic rings. The molecule has 0 aromatic heterocycles. The number of rotatable bonds is 0. The smallest absolute Gasteiger partial charge is 0.205 e. The Morgan fingerprint density at radius 1 is 0.750 bits per heavy atom. The van der Waals surface area contributed by atoms with Gasteiger partial charge in [0.2, 0.25) is 19.7 Å². The molecule has 1 heterocycles. The van der Waals surface area contributed by atoms with Gasteiger partial charge in [0, 0.05) is 11.8 Å². The standard InChI is InChI=1S/C14H12O4S2/c15-19(16)11-3-1-2-4-12(11)20(17,18)14-10-7-5-9(6-8-10)13(14)19/h1-5,7,9-10H,6,8H2/t9-,10+. The maximum atomic E-state index is 12.8. The number of allylic oxidation sites excluding steroid dienone is 4. The van der Waals surface area contributed by atoms with E-state index in [0.717, 1.165) is 0 Å². The molecule has 0 spiro atoms. The lowest BCUT2D eigenvalue weighted by molar-refractivity contribution is 0.492. The summed E-state index contributed by atoms with van der Waals surface area (Å²) in [4.78, 5) is 0.101. The van der Waals surface area contributed by atoms with E-state index in [9.17, 15) is 16.8 Å². The molecule has 5 rings (SSSR count). The van der Waals surface area contributed by atoms with Crippen LogP contribution in [-0.2, 0) is 19.7 Å². The lowest BCUT2D eigenvalue weighted by Gasteiger charge is -2.37. The zero-order valence-electron chi connectivity index (χ0n) is 10.5. The molecular weight excluding hydrogens is 296 g/mol. The predicted molar refractivity (Wildman–Crippen MR) is 73.2 cm³/mol. The molecule has 0 fully saturated rings.